The Morgan fingerprint density at radius 3 is 2.38 bits per heavy atom. The summed E-state index contributed by atoms with van der Waals surface area (Å²) in [6.45, 7) is 7.53. The van der Waals surface area contributed by atoms with Crippen LogP contribution in [0.1, 0.15) is 36.9 Å². The van der Waals surface area contributed by atoms with Gasteiger partial charge < -0.3 is 4.74 Å². The van der Waals surface area contributed by atoms with E-state index in [1.165, 1.54) is 0 Å². The molecule has 1 N–H and O–H groups in total. The predicted molar refractivity (Wildman–Crippen MR) is 105 cm³/mol. The molecule has 3 rings (SSSR count). The van der Waals surface area contributed by atoms with E-state index in [4.69, 9.17) is 4.74 Å². The fourth-order valence-electron chi connectivity index (χ4n) is 3.12. The van der Waals surface area contributed by atoms with Crippen molar-refractivity contribution in [3.05, 3.63) is 52.2 Å². The lowest BCUT2D eigenvalue weighted by molar-refractivity contribution is 0.0173. The third kappa shape index (κ3) is 4.72. The van der Waals surface area contributed by atoms with Crippen LogP contribution in [-0.2, 0) is 14.8 Å². The summed E-state index contributed by atoms with van der Waals surface area (Å²) in [6, 6.07) is 9.23. The van der Waals surface area contributed by atoms with Crippen LogP contribution in [0, 0.1) is 0 Å². The number of nitrogens with one attached hydrogen (secondary N) is 1. The highest BCUT2D eigenvalue weighted by Crippen LogP contribution is 2.24. The molecule has 1 aromatic carbocycles. The summed E-state index contributed by atoms with van der Waals surface area (Å²) in [5, 5.41) is 4.12. The van der Waals surface area contributed by atoms with Gasteiger partial charge in [-0.25, -0.2) is 13.1 Å². The maximum absolute atomic E-state index is 12.7. The maximum atomic E-state index is 12.7. The Bertz CT molecular complexity index is 781. The molecule has 0 aliphatic carbocycles. The molecule has 26 heavy (non-hydrogen) atoms. The van der Waals surface area contributed by atoms with Crippen LogP contribution in [0.2, 0.25) is 0 Å². The van der Waals surface area contributed by atoms with E-state index in [0.717, 1.165) is 24.2 Å². The van der Waals surface area contributed by atoms with Gasteiger partial charge in [-0.05, 0) is 46.0 Å². The van der Waals surface area contributed by atoms with Gasteiger partial charge in [-0.2, -0.15) is 11.3 Å². The van der Waals surface area contributed by atoms with Crippen LogP contribution in [0.15, 0.2) is 46.0 Å². The number of nitrogens with zero attached hydrogens (tertiary/aromatic N) is 1. The minimum Gasteiger partial charge on any atom is -0.379 e. The van der Waals surface area contributed by atoms with Gasteiger partial charge in [0.25, 0.3) is 0 Å². The van der Waals surface area contributed by atoms with Crippen molar-refractivity contribution in [2.24, 2.45) is 0 Å². The molecule has 0 radical (unpaired) electrons. The molecular formula is C19H26N2O3S2. The van der Waals surface area contributed by atoms with Gasteiger partial charge in [-0.3, -0.25) is 4.90 Å². The quantitative estimate of drug-likeness (QED) is 0.783. The monoisotopic (exact) mass is 394 g/mol. The zero-order valence-corrected chi connectivity index (χ0v) is 16.9. The van der Waals surface area contributed by atoms with E-state index in [9.17, 15) is 8.42 Å². The lowest BCUT2D eigenvalue weighted by Crippen LogP contribution is -2.43. The van der Waals surface area contributed by atoms with Crippen molar-refractivity contribution in [1.82, 2.24) is 9.62 Å². The molecule has 0 unspecified atom stereocenters. The molecule has 1 atom stereocenters. The Labute approximate surface area is 160 Å². The van der Waals surface area contributed by atoms with Crippen LogP contribution in [0.25, 0.3) is 0 Å². The van der Waals surface area contributed by atoms with Crippen molar-refractivity contribution in [2.45, 2.75) is 30.7 Å². The van der Waals surface area contributed by atoms with Gasteiger partial charge in [0.1, 0.15) is 0 Å². The second kappa shape index (κ2) is 8.63. The van der Waals surface area contributed by atoms with Crippen molar-refractivity contribution in [3.8, 4) is 0 Å². The molecule has 0 saturated carbocycles. The molecule has 0 spiro atoms. The highest BCUT2D eigenvalue weighted by atomic mass is 32.2. The molecule has 0 bridgehead atoms. The lowest BCUT2D eigenvalue weighted by atomic mass is 10.0. The maximum Gasteiger partial charge on any atom is 0.240 e. The van der Waals surface area contributed by atoms with E-state index in [2.05, 4.69) is 34.9 Å². The summed E-state index contributed by atoms with van der Waals surface area (Å²) in [5.74, 6) is 0.379. The van der Waals surface area contributed by atoms with Crippen molar-refractivity contribution in [1.29, 1.82) is 0 Å². The van der Waals surface area contributed by atoms with Gasteiger partial charge in [0.05, 0.1) is 18.1 Å². The van der Waals surface area contributed by atoms with Crippen LogP contribution < -0.4 is 4.72 Å². The normalized spacial score (nSPS) is 17.5. The SMILES string of the molecule is CC(C)c1ccc(S(=O)(=O)NC[C@@H](c2ccsc2)N2CCOCC2)cc1. The number of sulfonamides is 1. The minimum absolute atomic E-state index is 0.0230. The summed E-state index contributed by atoms with van der Waals surface area (Å²) in [7, 11) is -3.53. The van der Waals surface area contributed by atoms with Crippen molar-refractivity contribution in [2.75, 3.05) is 32.8 Å². The van der Waals surface area contributed by atoms with E-state index in [1.54, 1.807) is 23.5 Å². The standard InChI is InChI=1S/C19H26N2O3S2/c1-15(2)16-3-5-18(6-4-16)26(22,23)20-13-19(17-7-12-25-14-17)21-8-10-24-11-9-21/h3-7,12,14-15,19-20H,8-11,13H2,1-2H3/t19-/m0/s1. The number of morpholine rings is 1. The lowest BCUT2D eigenvalue weighted by Gasteiger charge is -2.34. The van der Waals surface area contributed by atoms with E-state index >= 15 is 0 Å². The first kappa shape index (κ1) is 19.5. The first-order valence-electron chi connectivity index (χ1n) is 8.91. The van der Waals surface area contributed by atoms with Crippen LogP contribution in [-0.4, -0.2) is 46.2 Å². The van der Waals surface area contributed by atoms with E-state index in [1.807, 2.05) is 17.5 Å². The largest absolute Gasteiger partial charge is 0.379 e. The van der Waals surface area contributed by atoms with Crippen LogP contribution >= 0.6 is 11.3 Å². The van der Waals surface area contributed by atoms with Crippen LogP contribution in [0.4, 0.5) is 0 Å². The first-order valence-corrected chi connectivity index (χ1v) is 11.3. The van der Waals surface area contributed by atoms with Crippen molar-refractivity contribution < 1.29 is 13.2 Å². The molecule has 142 valence electrons. The zero-order valence-electron chi connectivity index (χ0n) is 15.2. The van der Waals surface area contributed by atoms with Gasteiger partial charge in [-0.15, -0.1) is 0 Å². The van der Waals surface area contributed by atoms with Crippen molar-refractivity contribution in [3.63, 3.8) is 0 Å². The summed E-state index contributed by atoms with van der Waals surface area (Å²) in [6.07, 6.45) is 0. The molecule has 1 saturated heterocycles. The highest BCUT2D eigenvalue weighted by molar-refractivity contribution is 7.89. The second-order valence-electron chi connectivity index (χ2n) is 6.80. The number of hydrogen-bond donors (Lipinski definition) is 1. The average molecular weight is 395 g/mol. The zero-order chi connectivity index (χ0) is 18.6. The Kier molecular flexibility index (Phi) is 6.47. The summed E-state index contributed by atoms with van der Waals surface area (Å²) in [5.41, 5.74) is 2.28. The predicted octanol–water partition coefficient (Wildman–Crippen LogP) is 3.22. The molecule has 2 aromatic rings. The Morgan fingerprint density at radius 2 is 1.81 bits per heavy atom. The summed E-state index contributed by atoms with van der Waals surface area (Å²) >= 11 is 1.63. The fourth-order valence-corrected chi connectivity index (χ4v) is 4.86. The third-order valence-corrected chi connectivity index (χ3v) is 6.88. The van der Waals surface area contributed by atoms with Gasteiger partial charge in [0.15, 0.2) is 0 Å². The Hall–Kier alpha value is -1.25. The highest BCUT2D eigenvalue weighted by Gasteiger charge is 2.25. The fraction of sp³-hybridized carbons (Fsp3) is 0.474. The van der Waals surface area contributed by atoms with E-state index in [-0.39, 0.29) is 6.04 Å². The molecule has 1 aliphatic rings. The molecule has 1 fully saturated rings. The number of thiophene rings is 1. The summed E-state index contributed by atoms with van der Waals surface area (Å²) in [4.78, 5) is 2.60. The van der Waals surface area contributed by atoms with E-state index in [0.29, 0.717) is 30.6 Å². The molecule has 1 aliphatic heterocycles. The number of rotatable bonds is 7. The smallest absolute Gasteiger partial charge is 0.240 e. The number of hydrogen-bond acceptors (Lipinski definition) is 5. The van der Waals surface area contributed by atoms with Gasteiger partial charge in [0.2, 0.25) is 10.0 Å². The first-order chi connectivity index (χ1) is 12.5. The molecule has 5 nitrogen and oxygen atoms in total. The van der Waals surface area contributed by atoms with Gasteiger partial charge in [-0.1, -0.05) is 26.0 Å². The average Bonchev–Trinajstić information content (AvgIpc) is 3.17. The molecule has 2 heterocycles. The molecule has 7 heteroatoms. The van der Waals surface area contributed by atoms with E-state index < -0.39 is 10.0 Å². The van der Waals surface area contributed by atoms with Gasteiger partial charge in [0, 0.05) is 25.7 Å². The summed E-state index contributed by atoms with van der Waals surface area (Å²) < 4.78 is 33.7. The number of benzene rings is 1. The molecular weight excluding hydrogens is 368 g/mol. The minimum atomic E-state index is -3.53. The third-order valence-electron chi connectivity index (χ3n) is 4.74. The molecule has 1 aromatic heterocycles. The van der Waals surface area contributed by atoms with Crippen LogP contribution in [0.5, 0.6) is 0 Å². The number of ether oxygens (including phenoxy) is 1. The Balaban J connectivity index is 1.73. The van der Waals surface area contributed by atoms with Crippen LogP contribution in [0.3, 0.4) is 0 Å². The Morgan fingerprint density at radius 1 is 1.12 bits per heavy atom. The van der Waals surface area contributed by atoms with Crippen molar-refractivity contribution >= 4 is 21.4 Å². The molecule has 0 amide bonds. The topological polar surface area (TPSA) is 58.6 Å². The van der Waals surface area contributed by atoms with Gasteiger partial charge >= 0.3 is 0 Å². The second-order valence-corrected chi connectivity index (χ2v) is 9.34.